The van der Waals surface area contributed by atoms with Crippen molar-refractivity contribution in [2.24, 2.45) is 5.16 Å². The van der Waals surface area contributed by atoms with Crippen LogP contribution in [-0.2, 0) is 0 Å². The third-order valence-electron chi connectivity index (χ3n) is 1.43. The van der Waals surface area contributed by atoms with Crippen LogP contribution in [0, 0.1) is 0 Å². The van der Waals surface area contributed by atoms with E-state index in [1.807, 2.05) is 36.4 Å². The summed E-state index contributed by atoms with van der Waals surface area (Å²) in [6, 6.07) is 0.0926. The molecule has 62 valence electrons. The van der Waals surface area contributed by atoms with Gasteiger partial charge in [0.05, 0.1) is 12.3 Å². The van der Waals surface area contributed by atoms with Gasteiger partial charge in [-0.15, -0.1) is 12.4 Å². The highest BCUT2D eigenvalue weighted by molar-refractivity contribution is 5.85. The van der Waals surface area contributed by atoms with E-state index in [0.29, 0.717) is 0 Å². The molecule has 1 heterocycles. The van der Waals surface area contributed by atoms with Crippen LogP contribution in [0.1, 0.15) is 0 Å². The molecular weight excluding hydrogens is 164 g/mol. The van der Waals surface area contributed by atoms with E-state index in [9.17, 15) is 0 Å². The van der Waals surface area contributed by atoms with E-state index < -0.39 is 0 Å². The van der Waals surface area contributed by atoms with E-state index in [1.165, 1.54) is 6.21 Å². The first-order chi connectivity index (χ1) is 4.84. The lowest BCUT2D eigenvalue weighted by atomic mass is 10.2. The molecule has 1 atom stereocenters. The Bertz CT molecular complexity index is 189. The van der Waals surface area contributed by atoms with Crippen LogP contribution >= 0.6 is 12.4 Å². The first-order valence-electron chi connectivity index (χ1n) is 3.09. The average molecular weight is 175 g/mol. The van der Waals surface area contributed by atoms with Gasteiger partial charge in [0.25, 0.3) is 0 Å². The highest BCUT2D eigenvalue weighted by Gasteiger charge is 2.05. The summed E-state index contributed by atoms with van der Waals surface area (Å²) in [4.78, 5) is 1.94. The molecule has 0 saturated carbocycles. The Kier molecular flexibility index (Phi) is 4.38. The topological polar surface area (TPSA) is 35.8 Å². The van der Waals surface area contributed by atoms with Gasteiger partial charge in [0.15, 0.2) is 0 Å². The molecule has 1 rings (SSSR count). The van der Waals surface area contributed by atoms with E-state index in [2.05, 4.69) is 5.16 Å². The summed E-state index contributed by atoms with van der Waals surface area (Å²) in [6.45, 7) is 0. The summed E-state index contributed by atoms with van der Waals surface area (Å²) >= 11 is 0. The smallest absolute Gasteiger partial charge is 0.0855 e. The lowest BCUT2D eigenvalue weighted by molar-refractivity contribution is 0.316. The summed E-state index contributed by atoms with van der Waals surface area (Å²) in [6.07, 6.45) is 9.19. The monoisotopic (exact) mass is 174 g/mol. The summed E-state index contributed by atoms with van der Waals surface area (Å²) in [5.41, 5.74) is 0. The van der Waals surface area contributed by atoms with Gasteiger partial charge in [-0.05, 0) is 12.3 Å². The Morgan fingerprint density at radius 3 is 2.82 bits per heavy atom. The number of allylic oxidation sites excluding steroid dienone is 2. The first kappa shape index (κ1) is 10.0. The minimum absolute atomic E-state index is 0. The molecule has 0 saturated heterocycles. The van der Waals surface area contributed by atoms with Gasteiger partial charge in [-0.1, -0.05) is 17.3 Å². The molecule has 1 N–H and O–H groups in total. The number of oxime groups is 1. The second-order valence-corrected chi connectivity index (χ2v) is 2.15. The number of likely N-dealkylation sites (N-methyl/N-ethyl adjacent to an activating group) is 1. The molecule has 0 spiro atoms. The second-order valence-electron chi connectivity index (χ2n) is 2.15. The molecular formula is C7H11ClN2O. The standard InChI is InChI=1S/C7H10N2O.ClH/c1-9-5-3-2-4-7(9)6-8-10;/h2-7,10H,1H3;1H. The van der Waals surface area contributed by atoms with Crippen LogP contribution in [0.5, 0.6) is 0 Å². The normalized spacial score (nSPS) is 22.3. The van der Waals surface area contributed by atoms with Gasteiger partial charge in [-0.3, -0.25) is 0 Å². The largest absolute Gasteiger partial charge is 0.411 e. The van der Waals surface area contributed by atoms with Crippen LogP contribution in [0.15, 0.2) is 29.6 Å². The van der Waals surface area contributed by atoms with E-state index in [0.717, 1.165) is 0 Å². The number of hydrogen-bond acceptors (Lipinski definition) is 3. The SMILES string of the molecule is CN1C=CC=CC1C=NO.Cl. The third-order valence-corrected chi connectivity index (χ3v) is 1.43. The van der Waals surface area contributed by atoms with Crippen LogP contribution in [0.25, 0.3) is 0 Å². The summed E-state index contributed by atoms with van der Waals surface area (Å²) < 4.78 is 0. The van der Waals surface area contributed by atoms with Crippen LogP contribution in [-0.4, -0.2) is 29.4 Å². The molecule has 0 fully saturated rings. The van der Waals surface area contributed by atoms with E-state index >= 15 is 0 Å². The maximum absolute atomic E-state index is 8.22. The molecule has 0 aliphatic carbocycles. The molecule has 1 unspecified atom stereocenters. The predicted octanol–water partition coefficient (Wildman–Crippen LogP) is 1.25. The van der Waals surface area contributed by atoms with E-state index in [4.69, 9.17) is 5.21 Å². The van der Waals surface area contributed by atoms with Crippen LogP contribution in [0.2, 0.25) is 0 Å². The minimum atomic E-state index is 0. The van der Waals surface area contributed by atoms with Gasteiger partial charge in [0, 0.05) is 7.05 Å². The second kappa shape index (κ2) is 4.79. The number of rotatable bonds is 1. The zero-order valence-electron chi connectivity index (χ0n) is 6.21. The molecule has 0 aromatic rings. The van der Waals surface area contributed by atoms with Gasteiger partial charge in [0.2, 0.25) is 0 Å². The van der Waals surface area contributed by atoms with Crippen molar-refractivity contribution in [3.8, 4) is 0 Å². The zero-order valence-corrected chi connectivity index (χ0v) is 7.03. The Hall–Kier alpha value is -0.960. The Morgan fingerprint density at radius 2 is 2.27 bits per heavy atom. The zero-order chi connectivity index (χ0) is 7.40. The molecule has 0 aromatic carbocycles. The van der Waals surface area contributed by atoms with Gasteiger partial charge >= 0.3 is 0 Å². The highest BCUT2D eigenvalue weighted by Crippen LogP contribution is 2.02. The lowest BCUT2D eigenvalue weighted by Gasteiger charge is -2.21. The van der Waals surface area contributed by atoms with Crippen LogP contribution in [0.4, 0.5) is 0 Å². The lowest BCUT2D eigenvalue weighted by Crippen LogP contribution is -2.27. The van der Waals surface area contributed by atoms with Crippen LogP contribution in [0.3, 0.4) is 0 Å². The molecule has 4 heteroatoms. The molecule has 0 aromatic heterocycles. The minimum Gasteiger partial charge on any atom is -0.411 e. The van der Waals surface area contributed by atoms with Crippen molar-refractivity contribution < 1.29 is 5.21 Å². The first-order valence-corrected chi connectivity index (χ1v) is 3.09. The predicted molar refractivity (Wildman–Crippen MR) is 47.4 cm³/mol. The number of halogens is 1. The van der Waals surface area contributed by atoms with Crippen molar-refractivity contribution in [2.75, 3.05) is 7.05 Å². The molecule has 1 aliphatic heterocycles. The van der Waals surface area contributed by atoms with Gasteiger partial charge in [-0.25, -0.2) is 0 Å². The number of nitrogens with zero attached hydrogens (tertiary/aromatic N) is 2. The van der Waals surface area contributed by atoms with E-state index in [1.54, 1.807) is 0 Å². The molecule has 3 nitrogen and oxygen atoms in total. The Labute approximate surface area is 72.1 Å². The summed E-state index contributed by atoms with van der Waals surface area (Å²) in [7, 11) is 1.92. The van der Waals surface area contributed by atoms with Gasteiger partial charge in [-0.2, -0.15) is 0 Å². The van der Waals surface area contributed by atoms with Crippen molar-refractivity contribution >= 4 is 18.6 Å². The Balaban J connectivity index is 0.000001000. The quantitative estimate of drug-likeness (QED) is 0.369. The fraction of sp³-hybridized carbons (Fsp3) is 0.286. The fourth-order valence-corrected chi connectivity index (χ4v) is 0.822. The number of hydrogen-bond donors (Lipinski definition) is 1. The molecule has 0 bridgehead atoms. The maximum Gasteiger partial charge on any atom is 0.0855 e. The van der Waals surface area contributed by atoms with Crippen molar-refractivity contribution in [3.05, 3.63) is 24.4 Å². The highest BCUT2D eigenvalue weighted by atomic mass is 35.5. The molecule has 0 amide bonds. The van der Waals surface area contributed by atoms with Gasteiger partial charge < -0.3 is 10.1 Å². The third kappa shape index (κ3) is 2.63. The summed E-state index contributed by atoms with van der Waals surface area (Å²) in [5.74, 6) is 0. The summed E-state index contributed by atoms with van der Waals surface area (Å²) in [5, 5.41) is 11.2. The maximum atomic E-state index is 8.22. The fourth-order valence-electron chi connectivity index (χ4n) is 0.822. The van der Waals surface area contributed by atoms with Gasteiger partial charge in [0.1, 0.15) is 0 Å². The van der Waals surface area contributed by atoms with Crippen molar-refractivity contribution in [1.82, 2.24) is 4.90 Å². The average Bonchev–Trinajstić information content (AvgIpc) is 1.94. The van der Waals surface area contributed by atoms with E-state index in [-0.39, 0.29) is 18.4 Å². The van der Waals surface area contributed by atoms with Crippen LogP contribution < -0.4 is 0 Å². The molecule has 1 aliphatic rings. The van der Waals surface area contributed by atoms with Crippen molar-refractivity contribution in [3.63, 3.8) is 0 Å². The van der Waals surface area contributed by atoms with Crippen molar-refractivity contribution in [1.29, 1.82) is 0 Å². The Morgan fingerprint density at radius 1 is 1.55 bits per heavy atom. The van der Waals surface area contributed by atoms with Crippen molar-refractivity contribution in [2.45, 2.75) is 6.04 Å². The molecule has 0 radical (unpaired) electrons. The molecule has 11 heavy (non-hydrogen) atoms.